The number of benzene rings is 4. The lowest BCUT2D eigenvalue weighted by Crippen LogP contribution is -2.23. The first-order valence-corrected chi connectivity index (χ1v) is 8.60. The van der Waals surface area contributed by atoms with Crippen LogP contribution in [0.4, 0.5) is 5.69 Å². The molecule has 1 amide bonds. The van der Waals surface area contributed by atoms with Crippen LogP contribution in [0.15, 0.2) is 78.9 Å². The third-order valence-electron chi connectivity index (χ3n) is 5.19. The number of hydrogen-bond donors (Lipinski definition) is 1. The van der Waals surface area contributed by atoms with Gasteiger partial charge in [-0.05, 0) is 27.3 Å². The summed E-state index contributed by atoms with van der Waals surface area (Å²) >= 11 is 0. The van der Waals surface area contributed by atoms with E-state index < -0.39 is 0 Å². The lowest BCUT2D eigenvalue weighted by molar-refractivity contribution is -0.116. The summed E-state index contributed by atoms with van der Waals surface area (Å²) in [5.74, 6) is 0.168. The fraction of sp³-hybridized carbons (Fsp3) is 0.0870. The van der Waals surface area contributed by atoms with Crippen molar-refractivity contribution in [2.24, 2.45) is 0 Å². The van der Waals surface area contributed by atoms with Gasteiger partial charge in [0.25, 0.3) is 0 Å². The molecule has 0 spiro atoms. The quantitative estimate of drug-likeness (QED) is 0.494. The molecule has 1 N–H and O–H groups in total. The molecule has 2 heteroatoms. The van der Waals surface area contributed by atoms with Crippen LogP contribution in [0, 0.1) is 0 Å². The van der Waals surface area contributed by atoms with Gasteiger partial charge in [0.15, 0.2) is 0 Å². The third kappa shape index (κ3) is 2.22. The predicted octanol–water partition coefficient (Wildman–Crippen LogP) is 5.47. The summed E-state index contributed by atoms with van der Waals surface area (Å²) in [6, 6.07) is 27.3. The van der Waals surface area contributed by atoms with Gasteiger partial charge in [0.05, 0.1) is 5.69 Å². The first-order chi connectivity index (χ1) is 12.3. The molecule has 0 aliphatic carbocycles. The molecule has 1 atom stereocenters. The Morgan fingerprint density at radius 3 is 2.20 bits per heavy atom. The number of hydrogen-bond acceptors (Lipinski definition) is 1. The lowest BCUT2D eigenvalue weighted by Gasteiger charge is -2.28. The molecule has 0 saturated heterocycles. The van der Waals surface area contributed by atoms with Gasteiger partial charge in [-0.2, -0.15) is 0 Å². The van der Waals surface area contributed by atoms with E-state index in [1.54, 1.807) is 0 Å². The zero-order chi connectivity index (χ0) is 16.8. The average Bonchev–Trinajstić information content (AvgIpc) is 2.67. The normalized spacial score (nSPS) is 16.6. The molecule has 1 aliphatic heterocycles. The minimum atomic E-state index is 0.0828. The van der Waals surface area contributed by atoms with Gasteiger partial charge in [0.1, 0.15) is 0 Å². The van der Waals surface area contributed by atoms with E-state index in [0.717, 1.165) is 16.5 Å². The second-order valence-electron chi connectivity index (χ2n) is 6.62. The highest BCUT2D eigenvalue weighted by Crippen LogP contribution is 2.42. The Hall–Kier alpha value is -3.13. The minimum Gasteiger partial charge on any atom is -0.325 e. The Balaban J connectivity index is 1.79. The fourth-order valence-corrected chi connectivity index (χ4v) is 4.04. The molecule has 4 aromatic carbocycles. The van der Waals surface area contributed by atoms with E-state index in [-0.39, 0.29) is 11.8 Å². The molecule has 0 bridgehead atoms. The van der Waals surface area contributed by atoms with E-state index in [1.807, 2.05) is 12.1 Å². The molecule has 0 radical (unpaired) electrons. The van der Waals surface area contributed by atoms with Crippen LogP contribution in [-0.4, -0.2) is 5.91 Å². The van der Waals surface area contributed by atoms with Gasteiger partial charge < -0.3 is 5.32 Å². The molecule has 0 saturated carbocycles. The highest BCUT2D eigenvalue weighted by Gasteiger charge is 2.28. The van der Waals surface area contributed by atoms with Gasteiger partial charge in [-0.3, -0.25) is 4.79 Å². The zero-order valence-corrected chi connectivity index (χ0v) is 13.7. The number of carbonyl (C=O) groups is 1. The van der Waals surface area contributed by atoms with E-state index in [2.05, 4.69) is 72.0 Å². The zero-order valence-electron chi connectivity index (χ0n) is 13.7. The maximum Gasteiger partial charge on any atom is 0.225 e. The van der Waals surface area contributed by atoms with Crippen LogP contribution in [0.25, 0.3) is 21.5 Å². The van der Waals surface area contributed by atoms with Crippen molar-refractivity contribution in [3.8, 4) is 0 Å². The van der Waals surface area contributed by atoms with Gasteiger partial charge >= 0.3 is 0 Å². The van der Waals surface area contributed by atoms with Crippen molar-refractivity contribution in [2.75, 3.05) is 5.32 Å². The van der Waals surface area contributed by atoms with E-state index in [4.69, 9.17) is 0 Å². The molecule has 1 aliphatic rings. The Bertz CT molecular complexity index is 1120. The van der Waals surface area contributed by atoms with Crippen molar-refractivity contribution >= 4 is 33.1 Å². The number of fused-ring (bicyclic) bond motifs is 4. The van der Waals surface area contributed by atoms with E-state index in [0.29, 0.717) is 6.42 Å². The third-order valence-corrected chi connectivity index (χ3v) is 5.19. The Kier molecular flexibility index (Phi) is 3.10. The van der Waals surface area contributed by atoms with Crippen LogP contribution >= 0.6 is 0 Å². The molecular weight excluding hydrogens is 306 g/mol. The van der Waals surface area contributed by atoms with E-state index >= 15 is 0 Å². The Morgan fingerprint density at radius 1 is 0.680 bits per heavy atom. The highest BCUT2D eigenvalue weighted by molar-refractivity contribution is 6.06. The SMILES string of the molecule is O=C1C[C@H](c2cccc3ccccc23)c2ccc3ccccc3c2N1. The van der Waals surface area contributed by atoms with Crippen LogP contribution in [0.2, 0.25) is 0 Å². The summed E-state index contributed by atoms with van der Waals surface area (Å²) in [5, 5.41) is 7.82. The van der Waals surface area contributed by atoms with Crippen LogP contribution in [0.5, 0.6) is 0 Å². The minimum absolute atomic E-state index is 0.0828. The molecule has 0 unspecified atom stereocenters. The number of anilines is 1. The maximum absolute atomic E-state index is 12.5. The number of carbonyl (C=O) groups excluding carboxylic acids is 1. The van der Waals surface area contributed by atoms with Crippen molar-refractivity contribution in [2.45, 2.75) is 12.3 Å². The molecular formula is C23H17NO. The van der Waals surface area contributed by atoms with Crippen molar-refractivity contribution in [3.05, 3.63) is 90.0 Å². The van der Waals surface area contributed by atoms with Crippen LogP contribution in [0.3, 0.4) is 0 Å². The number of amides is 1. The van der Waals surface area contributed by atoms with Crippen LogP contribution in [-0.2, 0) is 4.79 Å². The van der Waals surface area contributed by atoms with E-state index in [1.165, 1.54) is 21.9 Å². The molecule has 5 rings (SSSR count). The van der Waals surface area contributed by atoms with Crippen molar-refractivity contribution in [3.63, 3.8) is 0 Å². The molecule has 4 aromatic rings. The summed E-state index contributed by atoms with van der Waals surface area (Å²) in [6.45, 7) is 0. The Labute approximate surface area is 146 Å². The van der Waals surface area contributed by atoms with Gasteiger partial charge in [0, 0.05) is 17.7 Å². The summed E-state index contributed by atoms with van der Waals surface area (Å²) in [6.07, 6.45) is 0.485. The average molecular weight is 323 g/mol. The molecule has 120 valence electrons. The number of rotatable bonds is 1. The molecule has 0 aromatic heterocycles. The Morgan fingerprint density at radius 2 is 1.36 bits per heavy atom. The largest absolute Gasteiger partial charge is 0.325 e. The molecule has 0 fully saturated rings. The highest BCUT2D eigenvalue weighted by atomic mass is 16.1. The second kappa shape index (κ2) is 5.45. The summed E-state index contributed by atoms with van der Waals surface area (Å²) in [4.78, 5) is 12.5. The number of nitrogens with one attached hydrogen (secondary N) is 1. The summed E-state index contributed by atoms with van der Waals surface area (Å²) in [5.41, 5.74) is 3.39. The molecule has 25 heavy (non-hydrogen) atoms. The van der Waals surface area contributed by atoms with Gasteiger partial charge in [-0.25, -0.2) is 0 Å². The standard InChI is InChI=1S/C23H17NO/c25-22-14-21(19-11-5-8-15-6-1-3-9-17(15)19)20-13-12-16-7-2-4-10-18(16)23(20)24-22/h1-13,21H,14H2,(H,24,25)/t21-/m1/s1. The lowest BCUT2D eigenvalue weighted by atomic mass is 9.81. The van der Waals surface area contributed by atoms with Crippen LogP contribution < -0.4 is 5.32 Å². The first-order valence-electron chi connectivity index (χ1n) is 8.60. The monoisotopic (exact) mass is 323 g/mol. The maximum atomic E-state index is 12.5. The van der Waals surface area contributed by atoms with Gasteiger partial charge in [-0.15, -0.1) is 0 Å². The van der Waals surface area contributed by atoms with Crippen molar-refractivity contribution < 1.29 is 4.79 Å². The summed E-state index contributed by atoms with van der Waals surface area (Å²) in [7, 11) is 0. The van der Waals surface area contributed by atoms with Gasteiger partial charge in [-0.1, -0.05) is 78.9 Å². The van der Waals surface area contributed by atoms with E-state index in [9.17, 15) is 4.79 Å². The predicted molar refractivity (Wildman–Crippen MR) is 103 cm³/mol. The fourth-order valence-electron chi connectivity index (χ4n) is 4.04. The van der Waals surface area contributed by atoms with Crippen LogP contribution in [0.1, 0.15) is 23.5 Å². The first kappa shape index (κ1) is 14.2. The molecule has 2 nitrogen and oxygen atoms in total. The molecule has 1 heterocycles. The topological polar surface area (TPSA) is 29.1 Å². The van der Waals surface area contributed by atoms with Gasteiger partial charge in [0.2, 0.25) is 5.91 Å². The van der Waals surface area contributed by atoms with Crippen molar-refractivity contribution in [1.29, 1.82) is 0 Å². The summed E-state index contributed by atoms with van der Waals surface area (Å²) < 4.78 is 0. The van der Waals surface area contributed by atoms with Crippen molar-refractivity contribution in [1.82, 2.24) is 0 Å². The second-order valence-corrected chi connectivity index (χ2v) is 6.62. The smallest absolute Gasteiger partial charge is 0.225 e.